The molecule has 2 N–H and O–H groups in total. The molecule has 1 fully saturated rings. The summed E-state index contributed by atoms with van der Waals surface area (Å²) in [6, 6.07) is 7.64. The third-order valence-corrected chi connectivity index (χ3v) is 3.75. The second kappa shape index (κ2) is 4.96. The molecule has 1 aromatic carbocycles. The van der Waals surface area contributed by atoms with Gasteiger partial charge in [0.25, 0.3) is 0 Å². The number of phenolic OH excluding ortho intramolecular Hbond substituents is 1. The standard InChI is InChI=1S/C14H14ClN2O2/c15-10-5-7-13(18)14-9(10)4-6-11(16-14)12-3-1-2-8-17(12)19/h4-7,18-19H,1-3,8H2. The maximum atomic E-state index is 9.89. The Bertz CT molecular complexity index is 618. The van der Waals surface area contributed by atoms with Crippen LogP contribution in [0.5, 0.6) is 5.75 Å². The molecule has 0 amide bonds. The van der Waals surface area contributed by atoms with Crippen LogP contribution in [0.25, 0.3) is 10.9 Å². The first-order valence-electron chi connectivity index (χ1n) is 6.27. The van der Waals surface area contributed by atoms with Crippen molar-refractivity contribution in [1.29, 1.82) is 0 Å². The Morgan fingerprint density at radius 1 is 1.16 bits per heavy atom. The number of hydrogen-bond donors (Lipinski definition) is 2. The minimum absolute atomic E-state index is 0.0992. The van der Waals surface area contributed by atoms with Crippen molar-refractivity contribution in [3.63, 3.8) is 0 Å². The lowest BCUT2D eigenvalue weighted by Gasteiger charge is -2.29. The van der Waals surface area contributed by atoms with E-state index in [0.29, 0.717) is 28.2 Å². The van der Waals surface area contributed by atoms with E-state index in [9.17, 15) is 10.3 Å². The van der Waals surface area contributed by atoms with Gasteiger partial charge in [-0.15, -0.1) is 0 Å². The number of rotatable bonds is 1. The maximum absolute atomic E-state index is 9.89. The second-order valence-electron chi connectivity index (χ2n) is 4.69. The van der Waals surface area contributed by atoms with Gasteiger partial charge in [-0.1, -0.05) is 11.6 Å². The maximum Gasteiger partial charge on any atom is 0.141 e. The highest BCUT2D eigenvalue weighted by atomic mass is 35.5. The van der Waals surface area contributed by atoms with Crippen molar-refractivity contribution in [3.8, 4) is 5.75 Å². The highest BCUT2D eigenvalue weighted by Crippen LogP contribution is 2.33. The molecule has 0 atom stereocenters. The molecule has 1 aliphatic heterocycles. The molecule has 2 aromatic rings. The van der Waals surface area contributed by atoms with Crippen molar-refractivity contribution >= 4 is 22.5 Å². The fourth-order valence-corrected chi connectivity index (χ4v) is 2.62. The number of fused-ring (bicyclic) bond motifs is 1. The molecule has 0 spiro atoms. The lowest BCUT2D eigenvalue weighted by Crippen LogP contribution is -2.31. The number of aromatic hydroxyl groups is 1. The number of halogens is 1. The zero-order valence-electron chi connectivity index (χ0n) is 10.3. The number of hydrogen-bond acceptors (Lipinski definition) is 4. The first-order valence-corrected chi connectivity index (χ1v) is 6.65. The van der Waals surface area contributed by atoms with Gasteiger partial charge >= 0.3 is 0 Å². The monoisotopic (exact) mass is 277 g/mol. The van der Waals surface area contributed by atoms with Gasteiger partial charge in [-0.25, -0.2) is 4.98 Å². The summed E-state index contributed by atoms with van der Waals surface area (Å²) in [7, 11) is 0. The number of phenols is 1. The molecule has 19 heavy (non-hydrogen) atoms. The highest BCUT2D eigenvalue weighted by molar-refractivity contribution is 6.35. The first-order chi connectivity index (χ1) is 9.16. The summed E-state index contributed by atoms with van der Waals surface area (Å²) >= 11 is 6.08. The molecule has 2 heterocycles. The molecule has 1 radical (unpaired) electrons. The molecule has 1 saturated heterocycles. The molecule has 0 unspecified atom stereocenters. The molecule has 0 bridgehead atoms. The second-order valence-corrected chi connectivity index (χ2v) is 5.09. The van der Waals surface area contributed by atoms with Crippen molar-refractivity contribution in [2.45, 2.75) is 19.3 Å². The van der Waals surface area contributed by atoms with Gasteiger partial charge in [-0.3, -0.25) is 0 Å². The smallest absolute Gasteiger partial charge is 0.141 e. The minimum Gasteiger partial charge on any atom is -0.506 e. The molecule has 1 aromatic heterocycles. The highest BCUT2D eigenvalue weighted by Gasteiger charge is 2.25. The number of piperidine rings is 1. The van der Waals surface area contributed by atoms with E-state index in [4.69, 9.17) is 11.6 Å². The Morgan fingerprint density at radius 3 is 2.79 bits per heavy atom. The molecule has 99 valence electrons. The fraction of sp³-hybridized carbons (Fsp3) is 0.286. The van der Waals surface area contributed by atoms with E-state index < -0.39 is 0 Å². The van der Waals surface area contributed by atoms with Crippen LogP contribution in [-0.2, 0) is 0 Å². The van der Waals surface area contributed by atoms with Crippen LogP contribution in [0.1, 0.15) is 25.0 Å². The summed E-state index contributed by atoms with van der Waals surface area (Å²) in [6.45, 7) is 0.622. The number of aromatic nitrogens is 1. The Hall–Kier alpha value is -1.36. The van der Waals surface area contributed by atoms with Crippen molar-refractivity contribution in [2.24, 2.45) is 0 Å². The molecule has 3 rings (SSSR count). The van der Waals surface area contributed by atoms with Crippen molar-refractivity contribution in [1.82, 2.24) is 10.0 Å². The quantitative estimate of drug-likeness (QED) is 0.839. The van der Waals surface area contributed by atoms with E-state index >= 15 is 0 Å². The molecular weight excluding hydrogens is 264 g/mol. The van der Waals surface area contributed by atoms with E-state index in [2.05, 4.69) is 4.98 Å². The van der Waals surface area contributed by atoms with Crippen molar-refractivity contribution in [2.75, 3.05) is 6.54 Å². The van der Waals surface area contributed by atoms with E-state index in [0.717, 1.165) is 25.3 Å². The van der Waals surface area contributed by atoms with E-state index in [1.807, 2.05) is 12.1 Å². The summed E-state index contributed by atoms with van der Waals surface area (Å²) in [6.07, 6.45) is 2.80. The van der Waals surface area contributed by atoms with Gasteiger partial charge in [0.15, 0.2) is 0 Å². The van der Waals surface area contributed by atoms with Crippen LogP contribution in [0.15, 0.2) is 24.3 Å². The van der Waals surface area contributed by atoms with E-state index in [1.54, 1.807) is 6.07 Å². The third kappa shape index (κ3) is 2.27. The van der Waals surface area contributed by atoms with Crippen LogP contribution in [0.3, 0.4) is 0 Å². The topological polar surface area (TPSA) is 56.6 Å². The Morgan fingerprint density at radius 2 is 2.00 bits per heavy atom. The zero-order chi connectivity index (χ0) is 13.4. The summed E-state index contributed by atoms with van der Waals surface area (Å²) in [5.41, 5.74) is 1.16. The Labute approximate surface area is 116 Å². The number of nitrogens with zero attached hydrogens (tertiary/aromatic N) is 2. The van der Waals surface area contributed by atoms with Crippen LogP contribution < -0.4 is 0 Å². The normalized spacial score (nSPS) is 18.0. The SMILES string of the molecule is Oc1ccc(Cl)c2ccc([C]3CCCCN3O)nc12. The van der Waals surface area contributed by atoms with Crippen LogP contribution in [0.2, 0.25) is 5.02 Å². The Kier molecular flexibility index (Phi) is 3.31. The number of benzene rings is 1. The third-order valence-electron chi connectivity index (χ3n) is 3.42. The zero-order valence-corrected chi connectivity index (χ0v) is 11.1. The van der Waals surface area contributed by atoms with E-state index in [-0.39, 0.29) is 5.75 Å². The lowest BCUT2D eigenvalue weighted by molar-refractivity contribution is -0.0921. The molecule has 5 heteroatoms. The summed E-state index contributed by atoms with van der Waals surface area (Å²) in [5, 5.41) is 22.3. The van der Waals surface area contributed by atoms with Crippen LogP contribution in [0, 0.1) is 6.04 Å². The van der Waals surface area contributed by atoms with Gasteiger partial charge < -0.3 is 10.3 Å². The lowest BCUT2D eigenvalue weighted by atomic mass is 10.0. The van der Waals surface area contributed by atoms with Gasteiger partial charge in [0.05, 0.1) is 10.7 Å². The van der Waals surface area contributed by atoms with Crippen LogP contribution in [0.4, 0.5) is 0 Å². The predicted molar refractivity (Wildman–Crippen MR) is 73.1 cm³/mol. The fourth-order valence-electron chi connectivity index (χ4n) is 2.41. The van der Waals surface area contributed by atoms with Crippen molar-refractivity contribution in [3.05, 3.63) is 41.0 Å². The van der Waals surface area contributed by atoms with Crippen LogP contribution in [-0.4, -0.2) is 26.9 Å². The average Bonchev–Trinajstić information content (AvgIpc) is 2.43. The van der Waals surface area contributed by atoms with Crippen LogP contribution >= 0.6 is 11.6 Å². The van der Waals surface area contributed by atoms with Gasteiger partial charge in [-0.2, -0.15) is 5.06 Å². The molecule has 0 aliphatic carbocycles. The molecular formula is C14H14ClN2O2. The summed E-state index contributed by atoms with van der Waals surface area (Å²) in [5.74, 6) is 0.0992. The van der Waals surface area contributed by atoms with Gasteiger partial charge in [-0.05, 0) is 43.5 Å². The first kappa shape index (κ1) is 12.7. The summed E-state index contributed by atoms with van der Waals surface area (Å²) < 4.78 is 0. The predicted octanol–water partition coefficient (Wildman–Crippen LogP) is 3.35. The minimum atomic E-state index is 0.0992. The number of pyridine rings is 1. The largest absolute Gasteiger partial charge is 0.506 e. The summed E-state index contributed by atoms with van der Waals surface area (Å²) in [4.78, 5) is 4.44. The van der Waals surface area contributed by atoms with E-state index in [1.165, 1.54) is 11.1 Å². The van der Waals surface area contributed by atoms with Crippen molar-refractivity contribution < 1.29 is 10.3 Å². The molecule has 4 nitrogen and oxygen atoms in total. The molecule has 0 saturated carbocycles. The Balaban J connectivity index is 2.08. The molecule has 1 aliphatic rings. The number of hydroxylamine groups is 2. The van der Waals surface area contributed by atoms with Gasteiger partial charge in [0, 0.05) is 11.9 Å². The average molecular weight is 278 g/mol. The van der Waals surface area contributed by atoms with Gasteiger partial charge in [0.2, 0.25) is 0 Å². The van der Waals surface area contributed by atoms with Gasteiger partial charge in [0.1, 0.15) is 17.3 Å².